The van der Waals surface area contributed by atoms with E-state index in [0.717, 1.165) is 36.3 Å². The normalized spacial score (nSPS) is 20.6. The van der Waals surface area contributed by atoms with Crippen molar-refractivity contribution in [2.24, 2.45) is 0 Å². The molecule has 1 fully saturated rings. The average Bonchev–Trinajstić information content (AvgIpc) is 3.42. The van der Waals surface area contributed by atoms with Gasteiger partial charge >= 0.3 is 0 Å². The van der Waals surface area contributed by atoms with E-state index < -0.39 is 0 Å². The predicted octanol–water partition coefficient (Wildman–Crippen LogP) is 3.19. The molecule has 1 aromatic heterocycles. The van der Waals surface area contributed by atoms with Crippen molar-refractivity contribution in [1.82, 2.24) is 10.3 Å². The summed E-state index contributed by atoms with van der Waals surface area (Å²) >= 11 is 0. The number of ether oxygens (including phenoxy) is 1. The van der Waals surface area contributed by atoms with E-state index in [-0.39, 0.29) is 17.2 Å². The van der Waals surface area contributed by atoms with Crippen LogP contribution in [-0.4, -0.2) is 24.0 Å². The Morgan fingerprint density at radius 2 is 2.04 bits per heavy atom. The highest BCUT2D eigenvalue weighted by atomic mass is 16.5. The molecule has 0 unspecified atom stereocenters. The molecule has 1 aliphatic heterocycles. The fourth-order valence-corrected chi connectivity index (χ4v) is 3.54. The lowest BCUT2D eigenvalue weighted by atomic mass is 9.90. The first-order chi connectivity index (χ1) is 11.8. The third kappa shape index (κ3) is 3.01. The minimum atomic E-state index is 0.0600. The number of pyridine rings is 1. The number of nitrogens with one attached hydrogen (secondary N) is 1. The van der Waals surface area contributed by atoms with Gasteiger partial charge in [-0.1, -0.05) is 24.3 Å². The first-order valence-corrected chi connectivity index (χ1v) is 8.67. The van der Waals surface area contributed by atoms with Crippen molar-refractivity contribution in [2.45, 2.75) is 37.0 Å². The average molecular weight is 322 g/mol. The van der Waals surface area contributed by atoms with E-state index in [2.05, 4.69) is 22.4 Å². The van der Waals surface area contributed by atoms with Crippen molar-refractivity contribution in [3.63, 3.8) is 0 Å². The number of rotatable bonds is 5. The van der Waals surface area contributed by atoms with Crippen molar-refractivity contribution < 1.29 is 9.53 Å². The first kappa shape index (κ1) is 15.2. The molecule has 0 saturated heterocycles. The van der Waals surface area contributed by atoms with E-state index in [1.54, 1.807) is 0 Å². The fourth-order valence-electron chi connectivity index (χ4n) is 3.54. The quantitative estimate of drug-likeness (QED) is 0.920. The van der Waals surface area contributed by atoms with Crippen molar-refractivity contribution in [3.05, 3.63) is 59.9 Å². The van der Waals surface area contributed by atoms with E-state index in [0.29, 0.717) is 19.6 Å². The maximum absolute atomic E-state index is 12.5. The summed E-state index contributed by atoms with van der Waals surface area (Å²) in [6.07, 6.45) is 5.46. The van der Waals surface area contributed by atoms with Gasteiger partial charge in [0.2, 0.25) is 5.91 Å². The van der Waals surface area contributed by atoms with Crippen LogP contribution in [0.5, 0.6) is 5.75 Å². The van der Waals surface area contributed by atoms with Crippen LogP contribution in [0.15, 0.2) is 48.7 Å². The van der Waals surface area contributed by atoms with E-state index in [4.69, 9.17) is 4.74 Å². The molecule has 2 aliphatic rings. The van der Waals surface area contributed by atoms with Crippen molar-refractivity contribution in [3.8, 4) is 5.75 Å². The fraction of sp³-hybridized carbons (Fsp3) is 0.400. The smallest absolute Gasteiger partial charge is 0.220 e. The highest BCUT2D eigenvalue weighted by molar-refractivity contribution is 5.77. The van der Waals surface area contributed by atoms with Gasteiger partial charge in [0.15, 0.2) is 0 Å². The predicted molar refractivity (Wildman–Crippen MR) is 92.1 cm³/mol. The summed E-state index contributed by atoms with van der Waals surface area (Å²) in [7, 11) is 0. The molecule has 2 heterocycles. The number of carbonyl (C=O) groups excluding carboxylic acids is 1. The van der Waals surface area contributed by atoms with Gasteiger partial charge in [0, 0.05) is 30.3 Å². The minimum absolute atomic E-state index is 0.0600. The number of carbonyl (C=O) groups is 1. The highest BCUT2D eigenvalue weighted by Gasteiger charge is 2.45. The second-order valence-electron chi connectivity index (χ2n) is 6.85. The second-order valence-corrected chi connectivity index (χ2v) is 6.85. The Hall–Kier alpha value is -2.36. The van der Waals surface area contributed by atoms with Crippen molar-refractivity contribution in [2.75, 3.05) is 13.2 Å². The minimum Gasteiger partial charge on any atom is -0.493 e. The summed E-state index contributed by atoms with van der Waals surface area (Å²) in [5.41, 5.74) is 2.32. The molecular formula is C20H22N2O2. The molecule has 0 bridgehead atoms. The molecule has 0 radical (unpaired) electrons. The maximum Gasteiger partial charge on any atom is 0.220 e. The number of amides is 1. The van der Waals surface area contributed by atoms with Gasteiger partial charge in [0.25, 0.3) is 0 Å². The number of benzene rings is 1. The molecule has 1 N–H and O–H groups in total. The molecular weight excluding hydrogens is 300 g/mol. The van der Waals surface area contributed by atoms with E-state index in [1.165, 1.54) is 0 Å². The van der Waals surface area contributed by atoms with Gasteiger partial charge in [-0.2, -0.15) is 0 Å². The molecule has 1 amide bonds. The number of fused-ring (bicyclic) bond motifs is 1. The van der Waals surface area contributed by atoms with Gasteiger partial charge in [0.05, 0.1) is 6.61 Å². The second kappa shape index (κ2) is 6.27. The van der Waals surface area contributed by atoms with Gasteiger partial charge in [-0.25, -0.2) is 0 Å². The van der Waals surface area contributed by atoms with Crippen molar-refractivity contribution in [1.29, 1.82) is 0 Å². The summed E-state index contributed by atoms with van der Waals surface area (Å²) in [6, 6.07) is 14.1. The van der Waals surface area contributed by atoms with Gasteiger partial charge in [-0.05, 0) is 48.9 Å². The molecule has 4 rings (SSSR count). The molecule has 2 aromatic rings. The SMILES string of the molecule is O=C(C[C@@H]1CCOc2ccccc21)NCC1(c2ccccn2)CC1. The van der Waals surface area contributed by atoms with E-state index in [9.17, 15) is 4.79 Å². The summed E-state index contributed by atoms with van der Waals surface area (Å²) in [5, 5.41) is 3.14. The molecule has 124 valence electrons. The Morgan fingerprint density at radius 3 is 2.83 bits per heavy atom. The van der Waals surface area contributed by atoms with Crippen LogP contribution in [-0.2, 0) is 10.2 Å². The maximum atomic E-state index is 12.5. The monoisotopic (exact) mass is 322 g/mol. The standard InChI is InChI=1S/C20H22N2O2/c23-19(13-15-8-12-24-17-6-2-1-5-16(15)17)22-14-20(9-10-20)18-7-3-4-11-21-18/h1-7,11,15H,8-10,12-14H2,(H,22,23)/t15-/m0/s1. The third-order valence-electron chi connectivity index (χ3n) is 5.20. The zero-order chi connectivity index (χ0) is 16.4. The van der Waals surface area contributed by atoms with Gasteiger partial charge in [0.1, 0.15) is 5.75 Å². The lowest BCUT2D eigenvalue weighted by molar-refractivity contribution is -0.121. The number of aromatic nitrogens is 1. The van der Waals surface area contributed by atoms with Crippen LogP contribution in [0.2, 0.25) is 0 Å². The van der Waals surface area contributed by atoms with Crippen LogP contribution in [0, 0.1) is 0 Å². The molecule has 4 nitrogen and oxygen atoms in total. The molecule has 1 atom stereocenters. The number of nitrogens with zero attached hydrogens (tertiary/aromatic N) is 1. The Labute approximate surface area is 142 Å². The molecule has 1 saturated carbocycles. The van der Waals surface area contributed by atoms with Gasteiger partial charge in [-0.3, -0.25) is 9.78 Å². The third-order valence-corrected chi connectivity index (χ3v) is 5.20. The van der Waals surface area contributed by atoms with Crippen LogP contribution in [0.3, 0.4) is 0 Å². The molecule has 1 aliphatic carbocycles. The Bertz CT molecular complexity index is 725. The van der Waals surface area contributed by atoms with Gasteiger partial charge < -0.3 is 10.1 Å². The van der Waals surface area contributed by atoms with E-state index >= 15 is 0 Å². The first-order valence-electron chi connectivity index (χ1n) is 8.67. The zero-order valence-electron chi connectivity index (χ0n) is 13.7. The lowest BCUT2D eigenvalue weighted by Gasteiger charge is -2.25. The molecule has 1 aromatic carbocycles. The zero-order valence-corrected chi connectivity index (χ0v) is 13.7. The highest BCUT2D eigenvalue weighted by Crippen LogP contribution is 2.46. The molecule has 0 spiro atoms. The lowest BCUT2D eigenvalue weighted by Crippen LogP contribution is -2.34. The molecule has 24 heavy (non-hydrogen) atoms. The van der Waals surface area contributed by atoms with Crippen LogP contribution >= 0.6 is 0 Å². The van der Waals surface area contributed by atoms with Crippen molar-refractivity contribution >= 4 is 5.91 Å². The van der Waals surface area contributed by atoms with Crippen LogP contribution < -0.4 is 10.1 Å². The Balaban J connectivity index is 1.37. The summed E-state index contributed by atoms with van der Waals surface area (Å²) in [5.74, 6) is 1.30. The molecule has 4 heteroatoms. The number of hydrogen-bond acceptors (Lipinski definition) is 3. The Kier molecular flexibility index (Phi) is 3.97. The van der Waals surface area contributed by atoms with E-state index in [1.807, 2.05) is 36.5 Å². The van der Waals surface area contributed by atoms with Crippen LogP contribution in [0.25, 0.3) is 0 Å². The topological polar surface area (TPSA) is 51.2 Å². The number of hydrogen-bond donors (Lipinski definition) is 1. The number of para-hydroxylation sites is 1. The van der Waals surface area contributed by atoms with Gasteiger partial charge in [-0.15, -0.1) is 0 Å². The summed E-state index contributed by atoms with van der Waals surface area (Å²) in [6.45, 7) is 1.38. The summed E-state index contributed by atoms with van der Waals surface area (Å²) < 4.78 is 5.68. The Morgan fingerprint density at radius 1 is 1.21 bits per heavy atom. The summed E-state index contributed by atoms with van der Waals surface area (Å²) in [4.78, 5) is 16.9. The van der Waals surface area contributed by atoms with Crippen LogP contribution in [0.4, 0.5) is 0 Å². The van der Waals surface area contributed by atoms with Crippen LogP contribution in [0.1, 0.15) is 42.9 Å². The largest absolute Gasteiger partial charge is 0.493 e.